The number of carbonyl (C=O) groups is 3. The molecule has 2 aromatic rings. The third-order valence-corrected chi connectivity index (χ3v) is 5.73. The summed E-state index contributed by atoms with van der Waals surface area (Å²) in [6.07, 6.45) is 0. The summed E-state index contributed by atoms with van der Waals surface area (Å²) in [4.78, 5) is 39.2. The van der Waals surface area contributed by atoms with Gasteiger partial charge in [-0.3, -0.25) is 19.4 Å². The lowest BCUT2D eigenvalue weighted by molar-refractivity contribution is -0.123. The Morgan fingerprint density at radius 1 is 1.17 bits per heavy atom. The standard InChI is InChI=1S/C19H15BrClN5O3/c1-10-13(21)3-2-4-14(10)22-15(27)9-25-17-16(23-24-25)18(28)26(19(17)29)12-7-5-11(20)6-8-12/h2-8,16-17H,9H2,1H3,(H,22,27)/t16-,17+/m0/s1. The van der Waals surface area contributed by atoms with Crippen molar-refractivity contribution >= 4 is 56.6 Å². The Bertz CT molecular complexity index is 1040. The normalized spacial score (nSPS) is 20.4. The minimum atomic E-state index is -0.952. The van der Waals surface area contributed by atoms with Crippen LogP contribution in [0.25, 0.3) is 0 Å². The zero-order chi connectivity index (χ0) is 20.7. The van der Waals surface area contributed by atoms with Crippen LogP contribution in [0.1, 0.15) is 5.56 Å². The molecule has 0 saturated carbocycles. The number of nitrogens with zero attached hydrogens (tertiary/aromatic N) is 4. The number of anilines is 2. The van der Waals surface area contributed by atoms with E-state index in [1.807, 2.05) is 0 Å². The van der Waals surface area contributed by atoms with Crippen molar-refractivity contribution in [2.24, 2.45) is 10.3 Å². The van der Waals surface area contributed by atoms with Gasteiger partial charge in [0.05, 0.1) is 5.69 Å². The fourth-order valence-corrected chi connectivity index (χ4v) is 3.72. The van der Waals surface area contributed by atoms with Gasteiger partial charge in [-0.1, -0.05) is 38.8 Å². The van der Waals surface area contributed by atoms with Gasteiger partial charge in [-0.25, -0.2) is 4.90 Å². The molecule has 0 aliphatic carbocycles. The average molecular weight is 477 g/mol. The van der Waals surface area contributed by atoms with Crippen LogP contribution in [0.4, 0.5) is 11.4 Å². The van der Waals surface area contributed by atoms with Crippen LogP contribution in [0, 0.1) is 6.92 Å². The first-order chi connectivity index (χ1) is 13.9. The number of carbonyl (C=O) groups excluding carboxylic acids is 3. The fraction of sp³-hybridized carbons (Fsp3) is 0.211. The zero-order valence-corrected chi connectivity index (χ0v) is 17.5. The van der Waals surface area contributed by atoms with Gasteiger partial charge < -0.3 is 5.32 Å². The maximum Gasteiger partial charge on any atom is 0.263 e. The maximum atomic E-state index is 12.9. The molecule has 2 aliphatic rings. The van der Waals surface area contributed by atoms with Crippen LogP contribution in [0.3, 0.4) is 0 Å². The second-order valence-electron chi connectivity index (χ2n) is 6.64. The molecular formula is C19H15BrClN5O3. The summed E-state index contributed by atoms with van der Waals surface area (Å²) >= 11 is 9.40. The molecule has 0 spiro atoms. The van der Waals surface area contributed by atoms with Crippen molar-refractivity contribution in [3.05, 3.63) is 57.5 Å². The van der Waals surface area contributed by atoms with Crippen molar-refractivity contribution in [2.75, 3.05) is 16.8 Å². The molecule has 1 fully saturated rings. The number of fused-ring (bicyclic) bond motifs is 1. The molecule has 0 bridgehead atoms. The first-order valence-electron chi connectivity index (χ1n) is 8.72. The van der Waals surface area contributed by atoms with Gasteiger partial charge >= 0.3 is 0 Å². The minimum absolute atomic E-state index is 0.218. The molecule has 148 valence electrons. The molecule has 4 rings (SSSR count). The Morgan fingerprint density at radius 2 is 1.90 bits per heavy atom. The molecule has 2 aromatic carbocycles. The second kappa shape index (κ2) is 7.57. The van der Waals surface area contributed by atoms with Crippen LogP contribution in [-0.2, 0) is 14.4 Å². The molecule has 2 heterocycles. The van der Waals surface area contributed by atoms with Crippen LogP contribution >= 0.6 is 27.5 Å². The predicted molar refractivity (Wildman–Crippen MR) is 111 cm³/mol. The molecule has 0 radical (unpaired) electrons. The van der Waals surface area contributed by atoms with Crippen LogP contribution in [0.15, 0.2) is 57.3 Å². The van der Waals surface area contributed by atoms with E-state index in [4.69, 9.17) is 11.6 Å². The van der Waals surface area contributed by atoms with E-state index < -0.39 is 29.8 Å². The summed E-state index contributed by atoms with van der Waals surface area (Å²) in [5.41, 5.74) is 1.75. The van der Waals surface area contributed by atoms with Crippen LogP contribution in [-0.4, -0.2) is 41.4 Å². The Kier molecular flexibility index (Phi) is 5.10. The van der Waals surface area contributed by atoms with Crippen LogP contribution < -0.4 is 10.2 Å². The lowest BCUT2D eigenvalue weighted by Crippen LogP contribution is -2.43. The Labute approximate surface area is 179 Å². The van der Waals surface area contributed by atoms with E-state index in [0.29, 0.717) is 16.4 Å². The average Bonchev–Trinajstić information content (AvgIpc) is 3.20. The molecular weight excluding hydrogens is 462 g/mol. The maximum absolute atomic E-state index is 12.9. The Balaban J connectivity index is 1.49. The van der Waals surface area contributed by atoms with Gasteiger partial charge in [0, 0.05) is 15.2 Å². The number of imide groups is 1. The van der Waals surface area contributed by atoms with Gasteiger partial charge in [0.2, 0.25) is 5.91 Å². The summed E-state index contributed by atoms with van der Waals surface area (Å²) in [6, 6.07) is 10.1. The molecule has 0 unspecified atom stereocenters. The van der Waals surface area contributed by atoms with Gasteiger partial charge in [0.1, 0.15) is 6.54 Å². The summed E-state index contributed by atoms with van der Waals surface area (Å²) in [5.74, 6) is -1.31. The highest BCUT2D eigenvalue weighted by Gasteiger charge is 2.55. The summed E-state index contributed by atoms with van der Waals surface area (Å²) in [7, 11) is 0. The smallest absolute Gasteiger partial charge is 0.263 e. The number of halogens is 2. The summed E-state index contributed by atoms with van der Waals surface area (Å²) in [5, 5.41) is 12.3. The Morgan fingerprint density at radius 3 is 2.62 bits per heavy atom. The van der Waals surface area contributed by atoms with E-state index in [1.165, 1.54) is 5.01 Å². The predicted octanol–water partition coefficient (Wildman–Crippen LogP) is 3.34. The van der Waals surface area contributed by atoms with Gasteiger partial charge in [0.15, 0.2) is 12.1 Å². The number of hydrogen-bond donors (Lipinski definition) is 1. The number of benzene rings is 2. The molecule has 2 aliphatic heterocycles. The molecule has 3 amide bonds. The number of hydrogen-bond acceptors (Lipinski definition) is 6. The van der Waals surface area contributed by atoms with Crippen molar-refractivity contribution in [3.8, 4) is 0 Å². The molecule has 0 aromatic heterocycles. The number of amides is 3. The van der Waals surface area contributed by atoms with Crippen molar-refractivity contribution in [1.82, 2.24) is 5.01 Å². The third kappa shape index (κ3) is 3.51. The lowest BCUT2D eigenvalue weighted by Gasteiger charge is -2.20. The SMILES string of the molecule is Cc1c(Cl)cccc1NC(=O)CN1N=N[C@@H]2C(=O)N(c3ccc(Br)cc3)C(=O)[C@@H]21. The number of rotatable bonds is 4. The summed E-state index contributed by atoms with van der Waals surface area (Å²) in [6.45, 7) is 1.57. The fourth-order valence-electron chi connectivity index (χ4n) is 3.28. The topological polar surface area (TPSA) is 94.4 Å². The van der Waals surface area contributed by atoms with E-state index in [2.05, 4.69) is 31.6 Å². The van der Waals surface area contributed by atoms with Gasteiger partial charge in [-0.2, -0.15) is 5.11 Å². The van der Waals surface area contributed by atoms with Crippen molar-refractivity contribution in [2.45, 2.75) is 19.0 Å². The molecule has 29 heavy (non-hydrogen) atoms. The van der Waals surface area contributed by atoms with Crippen molar-refractivity contribution in [3.63, 3.8) is 0 Å². The van der Waals surface area contributed by atoms with Gasteiger partial charge in [-0.15, -0.1) is 0 Å². The van der Waals surface area contributed by atoms with E-state index >= 15 is 0 Å². The third-order valence-electron chi connectivity index (χ3n) is 4.79. The van der Waals surface area contributed by atoms with Gasteiger partial charge in [-0.05, 0) is 48.9 Å². The zero-order valence-electron chi connectivity index (χ0n) is 15.2. The van der Waals surface area contributed by atoms with Crippen LogP contribution in [0.5, 0.6) is 0 Å². The molecule has 10 heteroatoms. The van der Waals surface area contributed by atoms with Crippen molar-refractivity contribution in [1.29, 1.82) is 0 Å². The Hall–Kier alpha value is -2.78. The van der Waals surface area contributed by atoms with E-state index in [-0.39, 0.29) is 6.54 Å². The van der Waals surface area contributed by atoms with Gasteiger partial charge in [0.25, 0.3) is 11.8 Å². The molecule has 1 saturated heterocycles. The monoisotopic (exact) mass is 475 g/mol. The quantitative estimate of drug-likeness (QED) is 0.685. The van der Waals surface area contributed by atoms with E-state index in [1.54, 1.807) is 49.4 Å². The van der Waals surface area contributed by atoms with Crippen LogP contribution in [0.2, 0.25) is 5.02 Å². The number of nitrogens with one attached hydrogen (secondary N) is 1. The van der Waals surface area contributed by atoms with E-state index in [0.717, 1.165) is 14.9 Å². The minimum Gasteiger partial charge on any atom is -0.324 e. The summed E-state index contributed by atoms with van der Waals surface area (Å²) < 4.78 is 0.829. The molecule has 1 N–H and O–H groups in total. The highest BCUT2D eigenvalue weighted by atomic mass is 79.9. The van der Waals surface area contributed by atoms with E-state index in [9.17, 15) is 14.4 Å². The highest BCUT2D eigenvalue weighted by molar-refractivity contribution is 9.10. The largest absolute Gasteiger partial charge is 0.324 e. The highest BCUT2D eigenvalue weighted by Crippen LogP contribution is 2.32. The lowest BCUT2D eigenvalue weighted by atomic mass is 10.1. The molecule has 8 nitrogen and oxygen atoms in total. The molecule has 2 atom stereocenters. The first-order valence-corrected chi connectivity index (χ1v) is 9.89. The van der Waals surface area contributed by atoms with Crippen molar-refractivity contribution < 1.29 is 14.4 Å². The second-order valence-corrected chi connectivity index (χ2v) is 7.96. The first kappa shape index (κ1) is 19.5.